The molecule has 6 heteroatoms. The third-order valence-electron chi connectivity index (χ3n) is 3.48. The Kier molecular flexibility index (Phi) is 3.62. The van der Waals surface area contributed by atoms with Gasteiger partial charge in [0.2, 0.25) is 11.8 Å². The van der Waals surface area contributed by atoms with Gasteiger partial charge in [-0.05, 0) is 18.1 Å². The molecule has 1 aromatic carbocycles. The second-order valence-corrected chi connectivity index (χ2v) is 4.87. The Labute approximate surface area is 122 Å². The number of aromatic nitrogens is 2. The topological polar surface area (TPSA) is 79.5 Å². The van der Waals surface area contributed by atoms with Crippen LogP contribution in [0.5, 0.6) is 17.5 Å². The van der Waals surface area contributed by atoms with Crippen LogP contribution in [0.2, 0.25) is 0 Å². The van der Waals surface area contributed by atoms with E-state index in [0.29, 0.717) is 18.4 Å². The minimum atomic E-state index is -0.0127. The van der Waals surface area contributed by atoms with Crippen molar-refractivity contribution >= 4 is 0 Å². The smallest absolute Gasteiger partial charge is 0.241 e. The molecule has 0 radical (unpaired) electrons. The van der Waals surface area contributed by atoms with Gasteiger partial charge in [0, 0.05) is 17.7 Å². The highest BCUT2D eigenvalue weighted by Crippen LogP contribution is 2.38. The molecule has 2 N–H and O–H groups in total. The Morgan fingerprint density at radius 3 is 2.81 bits per heavy atom. The summed E-state index contributed by atoms with van der Waals surface area (Å²) in [5, 5.41) is 7.97. The Morgan fingerprint density at radius 1 is 1.19 bits per heavy atom. The van der Waals surface area contributed by atoms with Crippen molar-refractivity contribution in [3.63, 3.8) is 0 Å². The summed E-state index contributed by atoms with van der Waals surface area (Å²) in [4.78, 5) is 0. The fourth-order valence-corrected chi connectivity index (χ4v) is 2.49. The molecule has 0 fully saturated rings. The first-order valence-electron chi connectivity index (χ1n) is 6.69. The molecule has 0 amide bonds. The zero-order chi connectivity index (χ0) is 14.8. The van der Waals surface area contributed by atoms with Gasteiger partial charge in [-0.2, -0.15) is 0 Å². The molecule has 0 saturated carbocycles. The van der Waals surface area contributed by atoms with Crippen molar-refractivity contribution in [1.29, 1.82) is 0 Å². The first-order chi connectivity index (χ1) is 10.2. The standard InChI is InChI=1S/C15H17N3O3/c1-19-14-7-12(15(20-2)18-17-14)10-4-3-5-13-11(10)6-9(16)8-21-13/h3-5,7,9H,6,8,16H2,1-2H3. The van der Waals surface area contributed by atoms with Crippen molar-refractivity contribution in [1.82, 2.24) is 10.2 Å². The maximum atomic E-state index is 6.01. The van der Waals surface area contributed by atoms with Crippen molar-refractivity contribution in [2.45, 2.75) is 12.5 Å². The van der Waals surface area contributed by atoms with Gasteiger partial charge in [-0.15, -0.1) is 10.2 Å². The van der Waals surface area contributed by atoms with E-state index in [4.69, 9.17) is 19.9 Å². The van der Waals surface area contributed by atoms with E-state index >= 15 is 0 Å². The van der Waals surface area contributed by atoms with Crippen LogP contribution in [-0.2, 0) is 6.42 Å². The second kappa shape index (κ2) is 5.57. The third-order valence-corrected chi connectivity index (χ3v) is 3.48. The Morgan fingerprint density at radius 2 is 2.05 bits per heavy atom. The summed E-state index contributed by atoms with van der Waals surface area (Å²) in [5.74, 6) is 1.74. The normalized spacial score (nSPS) is 16.8. The lowest BCUT2D eigenvalue weighted by Crippen LogP contribution is -2.34. The van der Waals surface area contributed by atoms with Crippen molar-refractivity contribution in [2.75, 3.05) is 20.8 Å². The molecule has 1 aromatic heterocycles. The van der Waals surface area contributed by atoms with Crippen molar-refractivity contribution in [3.8, 4) is 28.6 Å². The van der Waals surface area contributed by atoms with E-state index in [9.17, 15) is 0 Å². The first-order valence-corrected chi connectivity index (χ1v) is 6.69. The molecule has 0 spiro atoms. The van der Waals surface area contributed by atoms with Gasteiger partial charge in [0.15, 0.2) is 0 Å². The minimum Gasteiger partial charge on any atom is -0.492 e. The van der Waals surface area contributed by atoms with Gasteiger partial charge >= 0.3 is 0 Å². The molecule has 1 aliphatic heterocycles. The van der Waals surface area contributed by atoms with E-state index in [0.717, 1.165) is 28.9 Å². The zero-order valence-electron chi connectivity index (χ0n) is 12.0. The fraction of sp³-hybridized carbons (Fsp3) is 0.333. The molecule has 6 nitrogen and oxygen atoms in total. The van der Waals surface area contributed by atoms with Crippen molar-refractivity contribution < 1.29 is 14.2 Å². The van der Waals surface area contributed by atoms with Crippen LogP contribution in [0.25, 0.3) is 11.1 Å². The van der Waals surface area contributed by atoms with Gasteiger partial charge in [0.25, 0.3) is 0 Å². The highest BCUT2D eigenvalue weighted by molar-refractivity contribution is 5.75. The number of benzene rings is 1. The summed E-state index contributed by atoms with van der Waals surface area (Å²) < 4.78 is 16.2. The largest absolute Gasteiger partial charge is 0.492 e. The lowest BCUT2D eigenvalue weighted by molar-refractivity contribution is 0.264. The van der Waals surface area contributed by atoms with E-state index < -0.39 is 0 Å². The van der Waals surface area contributed by atoms with Crippen molar-refractivity contribution in [3.05, 3.63) is 29.8 Å². The number of methoxy groups -OCH3 is 2. The van der Waals surface area contributed by atoms with Gasteiger partial charge in [-0.1, -0.05) is 12.1 Å². The average Bonchev–Trinajstić information content (AvgIpc) is 2.53. The summed E-state index contributed by atoms with van der Waals surface area (Å²) >= 11 is 0. The third kappa shape index (κ3) is 2.50. The number of nitrogens with zero attached hydrogens (tertiary/aromatic N) is 2. The molecular weight excluding hydrogens is 270 g/mol. The Balaban J connectivity index is 2.16. The number of hydrogen-bond acceptors (Lipinski definition) is 6. The SMILES string of the molecule is COc1cc(-c2cccc3c2CC(N)CO3)c(OC)nn1. The lowest BCUT2D eigenvalue weighted by Gasteiger charge is -2.25. The highest BCUT2D eigenvalue weighted by atomic mass is 16.5. The number of fused-ring (bicyclic) bond motifs is 1. The number of nitrogens with two attached hydrogens (primary N) is 1. The Bertz CT molecular complexity index is 661. The van der Waals surface area contributed by atoms with Crippen LogP contribution in [-0.4, -0.2) is 37.1 Å². The van der Waals surface area contributed by atoms with Gasteiger partial charge in [-0.25, -0.2) is 0 Å². The molecule has 2 heterocycles. The summed E-state index contributed by atoms with van der Waals surface area (Å²) in [5.41, 5.74) is 8.87. The van der Waals surface area contributed by atoms with Crippen molar-refractivity contribution in [2.24, 2.45) is 5.73 Å². The molecule has 0 aliphatic carbocycles. The van der Waals surface area contributed by atoms with Crippen LogP contribution in [0.4, 0.5) is 0 Å². The van der Waals surface area contributed by atoms with Crippen LogP contribution in [0.1, 0.15) is 5.56 Å². The predicted octanol–water partition coefficient (Wildman–Crippen LogP) is 1.42. The van der Waals surface area contributed by atoms with Crippen LogP contribution in [0, 0.1) is 0 Å². The fourth-order valence-electron chi connectivity index (χ4n) is 2.49. The Hall–Kier alpha value is -2.34. The number of rotatable bonds is 3. The predicted molar refractivity (Wildman–Crippen MR) is 77.7 cm³/mol. The molecular formula is C15H17N3O3. The minimum absolute atomic E-state index is 0.0127. The zero-order valence-corrected chi connectivity index (χ0v) is 12.0. The quantitative estimate of drug-likeness (QED) is 0.919. The summed E-state index contributed by atoms with van der Waals surface area (Å²) in [7, 11) is 3.12. The van der Waals surface area contributed by atoms with E-state index in [1.54, 1.807) is 14.2 Å². The van der Waals surface area contributed by atoms with Gasteiger partial charge in [0.1, 0.15) is 12.4 Å². The number of ether oxygens (including phenoxy) is 3. The molecule has 1 atom stereocenters. The molecule has 0 bridgehead atoms. The molecule has 1 unspecified atom stereocenters. The number of hydrogen-bond donors (Lipinski definition) is 1. The van der Waals surface area contributed by atoms with E-state index in [2.05, 4.69) is 10.2 Å². The molecule has 1 aliphatic rings. The van der Waals surface area contributed by atoms with Crippen LogP contribution in [0.3, 0.4) is 0 Å². The summed E-state index contributed by atoms with van der Waals surface area (Å²) in [6.07, 6.45) is 0.749. The van der Waals surface area contributed by atoms with Gasteiger partial charge in [0.05, 0.1) is 19.8 Å². The maximum Gasteiger partial charge on any atom is 0.241 e. The van der Waals surface area contributed by atoms with Crippen LogP contribution < -0.4 is 19.9 Å². The van der Waals surface area contributed by atoms with E-state index in [1.807, 2.05) is 24.3 Å². The molecule has 0 saturated heterocycles. The average molecular weight is 287 g/mol. The summed E-state index contributed by atoms with van der Waals surface area (Å²) in [6, 6.07) is 7.68. The molecule has 21 heavy (non-hydrogen) atoms. The lowest BCUT2D eigenvalue weighted by atomic mass is 9.94. The monoisotopic (exact) mass is 287 g/mol. The van der Waals surface area contributed by atoms with E-state index in [-0.39, 0.29) is 6.04 Å². The second-order valence-electron chi connectivity index (χ2n) is 4.87. The molecule has 2 aromatic rings. The molecule has 3 rings (SSSR count). The summed E-state index contributed by atoms with van der Waals surface area (Å²) in [6.45, 7) is 0.533. The van der Waals surface area contributed by atoms with Gasteiger partial charge < -0.3 is 19.9 Å². The van der Waals surface area contributed by atoms with Crippen LogP contribution in [0.15, 0.2) is 24.3 Å². The molecule has 110 valence electrons. The maximum absolute atomic E-state index is 6.01. The first kappa shape index (κ1) is 13.6. The van der Waals surface area contributed by atoms with Gasteiger partial charge in [-0.3, -0.25) is 0 Å². The highest BCUT2D eigenvalue weighted by Gasteiger charge is 2.22. The van der Waals surface area contributed by atoms with E-state index in [1.165, 1.54) is 0 Å². The van der Waals surface area contributed by atoms with Crippen LogP contribution >= 0.6 is 0 Å².